The maximum atomic E-state index is 12.2. The summed E-state index contributed by atoms with van der Waals surface area (Å²) in [5.41, 5.74) is 1.12. The molecule has 2 rings (SSSR count). The second-order valence-electron chi connectivity index (χ2n) is 5.42. The first-order valence-electron chi connectivity index (χ1n) is 6.83. The lowest BCUT2D eigenvalue weighted by Gasteiger charge is -2.33. The molecule has 0 aromatic heterocycles. The molecule has 0 saturated carbocycles. The van der Waals surface area contributed by atoms with Crippen LogP contribution in [0.15, 0.2) is 24.3 Å². The molecule has 1 heterocycles. The van der Waals surface area contributed by atoms with E-state index in [0.29, 0.717) is 13.1 Å². The second-order valence-corrected chi connectivity index (χ2v) is 7.56. The van der Waals surface area contributed by atoms with E-state index in [1.165, 1.54) is 22.7 Å². The Hall–Kier alpha value is -1.44. The summed E-state index contributed by atoms with van der Waals surface area (Å²) in [6, 6.07) is 6.75. The maximum Gasteiger partial charge on any atom is 0.335 e. The van der Waals surface area contributed by atoms with Crippen molar-refractivity contribution in [2.24, 2.45) is 0 Å². The quantitative estimate of drug-likeness (QED) is 0.911. The molecule has 0 radical (unpaired) electrons. The van der Waals surface area contributed by atoms with Crippen molar-refractivity contribution in [2.45, 2.75) is 18.8 Å². The molecule has 1 aromatic carbocycles. The molecule has 0 unspecified atom stereocenters. The zero-order valence-corrected chi connectivity index (χ0v) is 13.0. The Balaban J connectivity index is 2.22. The first-order valence-corrected chi connectivity index (χ1v) is 8.23. The van der Waals surface area contributed by atoms with Gasteiger partial charge in [0, 0.05) is 27.2 Å². The Morgan fingerprint density at radius 3 is 2.71 bits per heavy atom. The van der Waals surface area contributed by atoms with E-state index in [2.05, 4.69) is 0 Å². The molecule has 6 nitrogen and oxygen atoms in total. The zero-order chi connectivity index (χ0) is 15.6. The van der Waals surface area contributed by atoms with E-state index >= 15 is 0 Å². The molecule has 0 amide bonds. The van der Waals surface area contributed by atoms with Gasteiger partial charge in [-0.1, -0.05) is 12.1 Å². The number of nitrogens with zero attached hydrogens (tertiary/aromatic N) is 2. The highest BCUT2D eigenvalue weighted by Gasteiger charge is 2.31. The fourth-order valence-corrected chi connectivity index (χ4v) is 3.77. The number of rotatable bonds is 4. The van der Waals surface area contributed by atoms with Crippen LogP contribution in [0.25, 0.3) is 0 Å². The summed E-state index contributed by atoms with van der Waals surface area (Å²) < 4.78 is 27.1. The molecule has 1 N–H and O–H groups in total. The van der Waals surface area contributed by atoms with Crippen molar-refractivity contribution < 1.29 is 18.3 Å². The molecule has 116 valence electrons. The Morgan fingerprint density at radius 1 is 1.38 bits per heavy atom. The molecule has 0 aliphatic carbocycles. The highest BCUT2D eigenvalue weighted by molar-refractivity contribution is 7.86. The first kappa shape index (κ1) is 15.9. The Bertz CT molecular complexity index is 628. The molecule has 0 bridgehead atoms. The number of benzene rings is 1. The molecule has 1 aliphatic rings. The number of carboxylic acids is 1. The highest BCUT2D eigenvalue weighted by atomic mass is 32.2. The molecular formula is C14H20N2O4S. The summed E-state index contributed by atoms with van der Waals surface area (Å²) in [5.74, 6) is -0.932. The van der Waals surface area contributed by atoms with E-state index in [9.17, 15) is 13.2 Å². The second kappa shape index (κ2) is 6.13. The predicted molar refractivity (Wildman–Crippen MR) is 79.6 cm³/mol. The minimum Gasteiger partial charge on any atom is -0.478 e. The fourth-order valence-electron chi connectivity index (χ4n) is 2.58. The molecule has 7 heteroatoms. The third-order valence-corrected chi connectivity index (χ3v) is 5.68. The van der Waals surface area contributed by atoms with Gasteiger partial charge in [0.05, 0.1) is 5.56 Å². The van der Waals surface area contributed by atoms with Crippen LogP contribution < -0.4 is 0 Å². The Morgan fingerprint density at radius 2 is 2.10 bits per heavy atom. The van der Waals surface area contributed by atoms with E-state index in [-0.39, 0.29) is 11.5 Å². The Labute approximate surface area is 125 Å². The normalized spacial score (nSPS) is 20.6. The van der Waals surface area contributed by atoms with Crippen LogP contribution in [0.5, 0.6) is 0 Å². The van der Waals surface area contributed by atoms with Gasteiger partial charge in [-0.05, 0) is 36.5 Å². The van der Waals surface area contributed by atoms with Crippen LogP contribution in [0, 0.1) is 0 Å². The van der Waals surface area contributed by atoms with E-state index < -0.39 is 16.2 Å². The lowest BCUT2D eigenvalue weighted by molar-refractivity contribution is 0.0696. The van der Waals surface area contributed by atoms with Gasteiger partial charge in [0.25, 0.3) is 10.2 Å². The summed E-state index contributed by atoms with van der Waals surface area (Å²) >= 11 is 0. The van der Waals surface area contributed by atoms with Crippen molar-refractivity contribution in [3.8, 4) is 0 Å². The van der Waals surface area contributed by atoms with Crippen LogP contribution in [-0.4, -0.2) is 55.3 Å². The number of carboxylic acid groups (broad SMARTS) is 1. The molecule has 1 atom stereocenters. The van der Waals surface area contributed by atoms with Gasteiger partial charge < -0.3 is 5.11 Å². The van der Waals surface area contributed by atoms with Gasteiger partial charge in [0.15, 0.2) is 0 Å². The molecule has 0 spiro atoms. The van der Waals surface area contributed by atoms with Crippen molar-refractivity contribution in [3.05, 3.63) is 35.4 Å². The minimum atomic E-state index is -3.42. The monoisotopic (exact) mass is 312 g/mol. The van der Waals surface area contributed by atoms with Gasteiger partial charge >= 0.3 is 5.97 Å². The minimum absolute atomic E-state index is 0.0350. The van der Waals surface area contributed by atoms with E-state index in [1.807, 2.05) is 6.07 Å². The molecule has 1 fully saturated rings. The SMILES string of the molecule is CN(C)S(=O)(=O)N1CCC[C@H](c2cccc(C(=O)O)c2)C1. The van der Waals surface area contributed by atoms with Gasteiger partial charge in [-0.3, -0.25) is 0 Å². The van der Waals surface area contributed by atoms with E-state index in [4.69, 9.17) is 5.11 Å². The van der Waals surface area contributed by atoms with Crippen molar-refractivity contribution in [3.63, 3.8) is 0 Å². The summed E-state index contributed by atoms with van der Waals surface area (Å²) in [4.78, 5) is 11.0. The highest BCUT2D eigenvalue weighted by Crippen LogP contribution is 2.29. The average Bonchev–Trinajstić information content (AvgIpc) is 2.47. The lowest BCUT2D eigenvalue weighted by atomic mass is 9.91. The average molecular weight is 312 g/mol. The zero-order valence-electron chi connectivity index (χ0n) is 12.2. The lowest BCUT2D eigenvalue weighted by Crippen LogP contribution is -2.44. The Kier molecular flexibility index (Phi) is 4.65. The topological polar surface area (TPSA) is 77.9 Å². The van der Waals surface area contributed by atoms with E-state index in [0.717, 1.165) is 18.4 Å². The summed E-state index contributed by atoms with van der Waals surface area (Å²) in [6.45, 7) is 0.902. The third kappa shape index (κ3) is 3.42. The van der Waals surface area contributed by atoms with Crippen LogP contribution in [0.1, 0.15) is 34.7 Å². The molecule has 1 saturated heterocycles. The van der Waals surface area contributed by atoms with Crippen molar-refractivity contribution in [2.75, 3.05) is 27.2 Å². The third-order valence-electron chi connectivity index (χ3n) is 3.78. The number of carbonyl (C=O) groups is 1. The smallest absolute Gasteiger partial charge is 0.335 e. The summed E-state index contributed by atoms with van der Waals surface area (Å²) in [6.07, 6.45) is 1.64. The number of hydrogen-bond donors (Lipinski definition) is 1. The first-order chi connectivity index (χ1) is 9.82. The summed E-state index contributed by atoms with van der Waals surface area (Å²) in [5, 5.41) is 9.05. The number of hydrogen-bond acceptors (Lipinski definition) is 3. The van der Waals surface area contributed by atoms with Gasteiger partial charge in [0.2, 0.25) is 0 Å². The molecule has 21 heavy (non-hydrogen) atoms. The van der Waals surface area contributed by atoms with Gasteiger partial charge in [-0.25, -0.2) is 4.79 Å². The number of piperidine rings is 1. The fraction of sp³-hybridized carbons (Fsp3) is 0.500. The van der Waals surface area contributed by atoms with Crippen molar-refractivity contribution in [1.82, 2.24) is 8.61 Å². The van der Waals surface area contributed by atoms with Gasteiger partial charge in [-0.15, -0.1) is 0 Å². The standard InChI is InChI=1S/C14H20N2O4S/c1-15(2)21(19,20)16-8-4-7-13(10-16)11-5-3-6-12(9-11)14(17)18/h3,5-6,9,13H,4,7-8,10H2,1-2H3,(H,17,18)/t13-/m0/s1. The van der Waals surface area contributed by atoms with Crippen molar-refractivity contribution >= 4 is 16.2 Å². The van der Waals surface area contributed by atoms with Crippen LogP contribution >= 0.6 is 0 Å². The molecule has 1 aromatic rings. The summed E-state index contributed by atoms with van der Waals surface area (Å²) in [7, 11) is -0.381. The van der Waals surface area contributed by atoms with Crippen LogP contribution in [0.4, 0.5) is 0 Å². The maximum absolute atomic E-state index is 12.2. The van der Waals surface area contributed by atoms with Crippen LogP contribution in [-0.2, 0) is 10.2 Å². The van der Waals surface area contributed by atoms with Crippen LogP contribution in [0.2, 0.25) is 0 Å². The van der Waals surface area contributed by atoms with E-state index in [1.54, 1.807) is 18.2 Å². The number of aromatic carboxylic acids is 1. The largest absolute Gasteiger partial charge is 0.478 e. The molecular weight excluding hydrogens is 292 g/mol. The van der Waals surface area contributed by atoms with Gasteiger partial charge in [-0.2, -0.15) is 17.0 Å². The predicted octanol–water partition coefficient (Wildman–Crippen LogP) is 1.37. The van der Waals surface area contributed by atoms with Gasteiger partial charge in [0.1, 0.15) is 0 Å². The van der Waals surface area contributed by atoms with Crippen LogP contribution in [0.3, 0.4) is 0 Å². The van der Waals surface area contributed by atoms with Crippen molar-refractivity contribution in [1.29, 1.82) is 0 Å². The molecule has 1 aliphatic heterocycles.